The number of thiazole rings is 1. The SMILES string of the molecule is Cc1nc(-c2ccc(-c3ccc(Br)cc3)cc2)cs1. The summed E-state index contributed by atoms with van der Waals surface area (Å²) in [6.07, 6.45) is 0. The number of hydrogen-bond acceptors (Lipinski definition) is 2. The number of aromatic nitrogens is 1. The third-order valence-electron chi connectivity index (χ3n) is 2.98. The lowest BCUT2D eigenvalue weighted by atomic mass is 10.0. The summed E-state index contributed by atoms with van der Waals surface area (Å²) in [5.74, 6) is 0. The molecule has 0 fully saturated rings. The minimum atomic E-state index is 1.06. The molecule has 1 aromatic heterocycles. The Labute approximate surface area is 125 Å². The topological polar surface area (TPSA) is 12.9 Å². The molecule has 0 bridgehead atoms. The molecule has 0 saturated carbocycles. The molecule has 1 nitrogen and oxygen atoms in total. The van der Waals surface area contributed by atoms with Gasteiger partial charge in [-0.1, -0.05) is 52.3 Å². The van der Waals surface area contributed by atoms with Crippen LogP contribution in [-0.2, 0) is 0 Å². The quantitative estimate of drug-likeness (QED) is 0.600. The van der Waals surface area contributed by atoms with Crippen molar-refractivity contribution in [2.75, 3.05) is 0 Å². The average molecular weight is 330 g/mol. The third kappa shape index (κ3) is 2.77. The van der Waals surface area contributed by atoms with Crippen LogP contribution in [0.3, 0.4) is 0 Å². The summed E-state index contributed by atoms with van der Waals surface area (Å²) in [6.45, 7) is 2.03. The highest BCUT2D eigenvalue weighted by Gasteiger charge is 2.03. The van der Waals surface area contributed by atoms with E-state index in [1.807, 2.05) is 6.92 Å². The van der Waals surface area contributed by atoms with Crippen LogP contribution in [0, 0.1) is 6.92 Å². The Morgan fingerprint density at radius 3 is 1.89 bits per heavy atom. The largest absolute Gasteiger partial charge is 0.242 e. The Balaban J connectivity index is 1.92. The van der Waals surface area contributed by atoms with Crippen LogP contribution in [0.5, 0.6) is 0 Å². The Morgan fingerprint density at radius 2 is 1.37 bits per heavy atom. The molecule has 0 aliphatic heterocycles. The van der Waals surface area contributed by atoms with Gasteiger partial charge in [0, 0.05) is 15.4 Å². The third-order valence-corrected chi connectivity index (χ3v) is 4.28. The van der Waals surface area contributed by atoms with Crippen molar-refractivity contribution in [1.82, 2.24) is 4.98 Å². The van der Waals surface area contributed by atoms with Gasteiger partial charge < -0.3 is 0 Å². The molecule has 2 aromatic carbocycles. The van der Waals surface area contributed by atoms with E-state index in [1.54, 1.807) is 11.3 Å². The number of hydrogen-bond donors (Lipinski definition) is 0. The van der Waals surface area contributed by atoms with Gasteiger partial charge >= 0.3 is 0 Å². The van der Waals surface area contributed by atoms with E-state index in [9.17, 15) is 0 Å². The molecule has 3 aromatic rings. The van der Waals surface area contributed by atoms with Gasteiger partial charge in [0.2, 0.25) is 0 Å². The number of benzene rings is 2. The van der Waals surface area contributed by atoms with Crippen LogP contribution in [-0.4, -0.2) is 4.98 Å². The van der Waals surface area contributed by atoms with Crippen molar-refractivity contribution in [1.29, 1.82) is 0 Å². The predicted octanol–water partition coefficient (Wildman–Crippen LogP) is 5.55. The fraction of sp³-hybridized carbons (Fsp3) is 0.0625. The second-order valence-corrected chi connectivity index (χ2v) is 6.31. The van der Waals surface area contributed by atoms with E-state index in [4.69, 9.17) is 0 Å². The number of nitrogens with zero attached hydrogens (tertiary/aromatic N) is 1. The second kappa shape index (κ2) is 5.27. The maximum absolute atomic E-state index is 4.51. The smallest absolute Gasteiger partial charge is 0.0901 e. The molecule has 0 aliphatic rings. The summed E-state index contributed by atoms with van der Waals surface area (Å²) in [4.78, 5) is 4.51. The van der Waals surface area contributed by atoms with Gasteiger partial charge in [0.05, 0.1) is 10.7 Å². The van der Waals surface area contributed by atoms with Gasteiger partial charge in [-0.3, -0.25) is 0 Å². The molecule has 0 atom stereocenters. The van der Waals surface area contributed by atoms with Crippen molar-refractivity contribution in [3.05, 3.63) is 63.4 Å². The van der Waals surface area contributed by atoms with Crippen LogP contribution in [0.2, 0.25) is 0 Å². The van der Waals surface area contributed by atoms with Gasteiger partial charge in [-0.25, -0.2) is 4.98 Å². The number of halogens is 1. The summed E-state index contributed by atoms with van der Waals surface area (Å²) in [5.41, 5.74) is 4.68. The van der Waals surface area contributed by atoms with Gasteiger partial charge in [-0.05, 0) is 30.2 Å². The summed E-state index contributed by atoms with van der Waals surface area (Å²) in [5, 5.41) is 3.20. The summed E-state index contributed by atoms with van der Waals surface area (Å²) in [6, 6.07) is 16.9. The molecule has 1 heterocycles. The van der Waals surface area contributed by atoms with Gasteiger partial charge in [-0.2, -0.15) is 0 Å². The van der Waals surface area contributed by atoms with Crippen LogP contribution in [0.15, 0.2) is 58.4 Å². The zero-order chi connectivity index (χ0) is 13.2. The molecule has 0 unspecified atom stereocenters. The summed E-state index contributed by atoms with van der Waals surface area (Å²) < 4.78 is 1.10. The molecule has 19 heavy (non-hydrogen) atoms. The highest BCUT2D eigenvalue weighted by molar-refractivity contribution is 9.10. The van der Waals surface area contributed by atoms with E-state index in [2.05, 4.69) is 74.8 Å². The van der Waals surface area contributed by atoms with Crippen LogP contribution in [0.25, 0.3) is 22.4 Å². The lowest BCUT2D eigenvalue weighted by molar-refractivity contribution is 1.30. The number of aryl methyl sites for hydroxylation is 1. The normalized spacial score (nSPS) is 10.6. The summed E-state index contributed by atoms with van der Waals surface area (Å²) in [7, 11) is 0. The van der Waals surface area contributed by atoms with Crippen LogP contribution < -0.4 is 0 Å². The van der Waals surface area contributed by atoms with E-state index in [-0.39, 0.29) is 0 Å². The lowest BCUT2D eigenvalue weighted by Gasteiger charge is -2.03. The fourth-order valence-electron chi connectivity index (χ4n) is 1.97. The Kier molecular flexibility index (Phi) is 3.49. The zero-order valence-corrected chi connectivity index (χ0v) is 12.8. The predicted molar refractivity (Wildman–Crippen MR) is 85.4 cm³/mol. The molecule has 0 aliphatic carbocycles. The zero-order valence-electron chi connectivity index (χ0n) is 10.4. The van der Waals surface area contributed by atoms with E-state index in [0.717, 1.165) is 15.2 Å². The molecule has 0 spiro atoms. The maximum atomic E-state index is 4.51. The minimum Gasteiger partial charge on any atom is -0.242 e. The van der Waals surface area contributed by atoms with Gasteiger partial charge in [-0.15, -0.1) is 11.3 Å². The number of rotatable bonds is 2. The monoisotopic (exact) mass is 329 g/mol. The van der Waals surface area contributed by atoms with Crippen molar-refractivity contribution >= 4 is 27.3 Å². The molecular formula is C16H12BrNS. The standard InChI is InChI=1S/C16H12BrNS/c1-11-18-16(10-19-11)14-4-2-12(3-5-14)13-6-8-15(17)9-7-13/h2-10H,1H3. The van der Waals surface area contributed by atoms with Crippen LogP contribution >= 0.6 is 27.3 Å². The van der Waals surface area contributed by atoms with Gasteiger partial charge in [0.1, 0.15) is 0 Å². The van der Waals surface area contributed by atoms with Crippen molar-refractivity contribution in [2.24, 2.45) is 0 Å². The highest BCUT2D eigenvalue weighted by atomic mass is 79.9. The van der Waals surface area contributed by atoms with E-state index in [0.29, 0.717) is 0 Å². The minimum absolute atomic E-state index is 1.06. The van der Waals surface area contributed by atoms with Gasteiger partial charge in [0.25, 0.3) is 0 Å². The van der Waals surface area contributed by atoms with E-state index >= 15 is 0 Å². The van der Waals surface area contributed by atoms with Crippen molar-refractivity contribution in [3.8, 4) is 22.4 Å². The van der Waals surface area contributed by atoms with Crippen molar-refractivity contribution in [2.45, 2.75) is 6.92 Å². The maximum Gasteiger partial charge on any atom is 0.0901 e. The molecule has 0 saturated heterocycles. The van der Waals surface area contributed by atoms with Crippen molar-refractivity contribution < 1.29 is 0 Å². The van der Waals surface area contributed by atoms with E-state index in [1.165, 1.54) is 16.7 Å². The fourth-order valence-corrected chi connectivity index (χ4v) is 2.86. The first-order chi connectivity index (χ1) is 9.22. The Hall–Kier alpha value is -1.45. The first kappa shape index (κ1) is 12.6. The molecule has 94 valence electrons. The second-order valence-electron chi connectivity index (χ2n) is 4.34. The van der Waals surface area contributed by atoms with E-state index < -0.39 is 0 Å². The molecular weight excluding hydrogens is 318 g/mol. The first-order valence-electron chi connectivity index (χ1n) is 6.01. The van der Waals surface area contributed by atoms with Crippen LogP contribution in [0.1, 0.15) is 5.01 Å². The summed E-state index contributed by atoms with van der Waals surface area (Å²) >= 11 is 5.14. The highest BCUT2D eigenvalue weighted by Crippen LogP contribution is 2.26. The van der Waals surface area contributed by atoms with Gasteiger partial charge in [0.15, 0.2) is 0 Å². The average Bonchev–Trinajstić information content (AvgIpc) is 2.87. The molecule has 3 heteroatoms. The van der Waals surface area contributed by atoms with Crippen LogP contribution in [0.4, 0.5) is 0 Å². The first-order valence-corrected chi connectivity index (χ1v) is 7.68. The molecule has 0 N–H and O–H groups in total. The Morgan fingerprint density at radius 1 is 0.842 bits per heavy atom. The lowest BCUT2D eigenvalue weighted by Crippen LogP contribution is -1.80. The molecule has 0 amide bonds. The Bertz CT molecular complexity index is 684. The molecule has 0 radical (unpaired) electrons. The van der Waals surface area contributed by atoms with Crippen molar-refractivity contribution in [3.63, 3.8) is 0 Å². The molecule has 3 rings (SSSR count).